The second-order valence-corrected chi connectivity index (χ2v) is 8.19. The molecule has 2 fully saturated rings. The van der Waals surface area contributed by atoms with Crippen molar-refractivity contribution in [2.45, 2.75) is 77.8 Å². The monoisotopic (exact) mass is 445 g/mol. The summed E-state index contributed by atoms with van der Waals surface area (Å²) >= 11 is 0. The summed E-state index contributed by atoms with van der Waals surface area (Å²) in [6, 6.07) is 2.02. The highest BCUT2D eigenvalue weighted by Crippen LogP contribution is 2.43. The van der Waals surface area contributed by atoms with Gasteiger partial charge >= 0.3 is 5.97 Å². The van der Waals surface area contributed by atoms with Crippen LogP contribution in [0.1, 0.15) is 81.3 Å². The van der Waals surface area contributed by atoms with E-state index in [0.717, 1.165) is 62.6 Å². The van der Waals surface area contributed by atoms with E-state index >= 15 is 4.39 Å². The summed E-state index contributed by atoms with van der Waals surface area (Å²) in [6.45, 7) is 6.79. The van der Waals surface area contributed by atoms with Crippen molar-refractivity contribution in [3.63, 3.8) is 0 Å². The fraction of sp³-hybridized carbons (Fsp3) is 0.600. The summed E-state index contributed by atoms with van der Waals surface area (Å²) in [4.78, 5) is 27.7. The minimum absolute atomic E-state index is 0.00766. The number of nitrogens with two attached hydrogens (primary N) is 1. The van der Waals surface area contributed by atoms with Gasteiger partial charge in [0.2, 0.25) is 5.43 Å². The average Bonchev–Trinajstić information content (AvgIpc) is 3.59. The van der Waals surface area contributed by atoms with Crippen molar-refractivity contribution >= 4 is 22.6 Å². The molecule has 1 saturated heterocycles. The van der Waals surface area contributed by atoms with Crippen LogP contribution in [-0.4, -0.2) is 36.8 Å². The van der Waals surface area contributed by atoms with E-state index in [-0.39, 0.29) is 24.0 Å². The Bertz CT molecular complexity index is 1030. The highest BCUT2D eigenvalue weighted by atomic mass is 19.1. The van der Waals surface area contributed by atoms with Gasteiger partial charge in [0.05, 0.1) is 17.8 Å². The molecule has 3 heterocycles. The van der Waals surface area contributed by atoms with Gasteiger partial charge in [-0.05, 0) is 65.0 Å². The van der Waals surface area contributed by atoms with Gasteiger partial charge in [0, 0.05) is 35.8 Å². The second kappa shape index (κ2) is 10.5. The molecule has 1 aliphatic carbocycles. The Hall–Kier alpha value is -2.41. The number of carbonyl (C=O) groups is 1. The minimum atomic E-state index is -0.626. The van der Waals surface area contributed by atoms with E-state index in [4.69, 9.17) is 4.74 Å². The normalized spacial score (nSPS) is 19.1. The largest absolute Gasteiger partial charge is 0.462 e. The van der Waals surface area contributed by atoms with Gasteiger partial charge in [-0.1, -0.05) is 13.8 Å². The van der Waals surface area contributed by atoms with Crippen LogP contribution in [0.15, 0.2) is 17.1 Å². The summed E-state index contributed by atoms with van der Waals surface area (Å²) in [7, 11) is 1.50. The molecule has 0 bridgehead atoms. The van der Waals surface area contributed by atoms with Crippen LogP contribution in [0.4, 0.5) is 10.1 Å². The molecule has 1 aromatic carbocycles. The molecule has 2 aliphatic heterocycles. The maximum absolute atomic E-state index is 15.3. The molecule has 2 N–H and O–H groups in total. The highest BCUT2D eigenvalue weighted by molar-refractivity contribution is 5.96. The van der Waals surface area contributed by atoms with Gasteiger partial charge in [-0.25, -0.2) is 9.18 Å². The number of hydrogen-bond donors (Lipinski definition) is 1. The van der Waals surface area contributed by atoms with Gasteiger partial charge < -0.3 is 19.9 Å². The first-order valence-electron chi connectivity index (χ1n) is 12.0. The predicted molar refractivity (Wildman–Crippen MR) is 127 cm³/mol. The van der Waals surface area contributed by atoms with E-state index in [0.29, 0.717) is 17.1 Å². The zero-order valence-corrected chi connectivity index (χ0v) is 19.7. The molecule has 3 aliphatic rings. The predicted octanol–water partition coefficient (Wildman–Crippen LogP) is 4.56. The van der Waals surface area contributed by atoms with Crippen LogP contribution in [0, 0.1) is 5.82 Å². The summed E-state index contributed by atoms with van der Waals surface area (Å²) < 4.78 is 22.5. The lowest BCUT2D eigenvalue weighted by Gasteiger charge is -2.28. The molecule has 176 valence electrons. The molecule has 1 aromatic heterocycles. The number of fused-ring (bicyclic) bond motifs is 5. The minimum Gasteiger partial charge on any atom is -0.462 e. The zero-order chi connectivity index (χ0) is 23.4. The van der Waals surface area contributed by atoms with Crippen LogP contribution < -0.4 is 16.1 Å². The number of nitrogens with zero attached hydrogens (tertiary/aromatic N) is 2. The number of pyridine rings is 1. The van der Waals surface area contributed by atoms with E-state index in [2.05, 4.69) is 15.2 Å². The maximum Gasteiger partial charge on any atom is 0.343 e. The zero-order valence-electron chi connectivity index (χ0n) is 19.7. The lowest BCUT2D eigenvalue weighted by molar-refractivity contribution is 0.0524. The smallest absolute Gasteiger partial charge is 0.343 e. The van der Waals surface area contributed by atoms with Gasteiger partial charge in [0.1, 0.15) is 11.4 Å². The topological polar surface area (TPSA) is 77.6 Å². The third-order valence-corrected chi connectivity index (χ3v) is 6.40. The molecule has 0 spiro atoms. The van der Waals surface area contributed by atoms with Crippen LogP contribution in [0.3, 0.4) is 0 Å². The fourth-order valence-electron chi connectivity index (χ4n) is 5.04. The molecular weight excluding hydrogens is 409 g/mol. The Balaban J connectivity index is 0.000000686. The first kappa shape index (κ1) is 24.2. The van der Waals surface area contributed by atoms with Crippen LogP contribution in [0.5, 0.6) is 0 Å². The Morgan fingerprint density at radius 1 is 1.16 bits per heavy atom. The standard InChI is InChI=1S/C22H25FN2O3.C2H6.CH5N/c1-2-28-22(27)17-12-25(14-8-9-14)19-15-7-3-5-13-6-4-10-24(13)20(15)18(23)11-16(19)21(17)26;2*1-2/h11-14H,2-10H2,1H3;1-2H3;2H2,1H3. The summed E-state index contributed by atoms with van der Waals surface area (Å²) in [5, 5.41) is 0.311. The van der Waals surface area contributed by atoms with Crippen LogP contribution >= 0.6 is 0 Å². The number of esters is 1. The Morgan fingerprint density at radius 2 is 1.84 bits per heavy atom. The number of carbonyl (C=O) groups excluding carboxylic acids is 1. The number of anilines is 1. The molecule has 1 saturated carbocycles. The second-order valence-electron chi connectivity index (χ2n) is 8.19. The Labute approximate surface area is 189 Å². The first-order chi connectivity index (χ1) is 15.6. The van der Waals surface area contributed by atoms with Crippen molar-refractivity contribution < 1.29 is 13.9 Å². The molecular formula is C25H36FN3O3. The third-order valence-electron chi connectivity index (χ3n) is 6.40. The molecule has 1 atom stereocenters. The van der Waals surface area contributed by atoms with Crippen molar-refractivity contribution in [3.8, 4) is 0 Å². The molecule has 32 heavy (non-hydrogen) atoms. The summed E-state index contributed by atoms with van der Waals surface area (Å²) in [6.07, 6.45) is 8.69. The number of rotatable bonds is 3. The number of halogens is 1. The van der Waals surface area contributed by atoms with E-state index in [1.807, 2.05) is 13.8 Å². The van der Waals surface area contributed by atoms with Crippen molar-refractivity contribution in [2.24, 2.45) is 5.73 Å². The highest BCUT2D eigenvalue weighted by Gasteiger charge is 2.35. The molecule has 5 rings (SSSR count). The number of ether oxygens (including phenoxy) is 1. The van der Waals surface area contributed by atoms with E-state index < -0.39 is 11.4 Å². The lowest BCUT2D eigenvalue weighted by Crippen LogP contribution is -2.30. The van der Waals surface area contributed by atoms with E-state index in [1.165, 1.54) is 13.1 Å². The van der Waals surface area contributed by atoms with Gasteiger partial charge in [0.15, 0.2) is 0 Å². The molecule has 2 aromatic rings. The molecule has 0 radical (unpaired) electrons. The molecule has 6 nitrogen and oxygen atoms in total. The molecule has 0 amide bonds. The van der Waals surface area contributed by atoms with Crippen LogP contribution in [0.2, 0.25) is 0 Å². The lowest BCUT2D eigenvalue weighted by atomic mass is 10.00. The summed E-state index contributed by atoms with van der Waals surface area (Å²) in [5.41, 5.74) is 6.54. The quantitative estimate of drug-likeness (QED) is 0.701. The first-order valence-corrected chi connectivity index (χ1v) is 12.0. The number of hydrogen-bond acceptors (Lipinski definition) is 5. The Kier molecular flexibility index (Phi) is 7.93. The Morgan fingerprint density at radius 3 is 2.50 bits per heavy atom. The van der Waals surface area contributed by atoms with Crippen LogP contribution in [-0.2, 0) is 11.2 Å². The average molecular weight is 446 g/mol. The maximum atomic E-state index is 15.3. The molecule has 1 unspecified atom stereocenters. The van der Waals surface area contributed by atoms with Crippen molar-refractivity contribution in [3.05, 3.63) is 39.4 Å². The van der Waals surface area contributed by atoms with Crippen LogP contribution in [0.25, 0.3) is 10.9 Å². The van der Waals surface area contributed by atoms with Gasteiger partial charge in [-0.15, -0.1) is 0 Å². The van der Waals surface area contributed by atoms with E-state index in [1.54, 1.807) is 13.1 Å². The molecule has 7 heteroatoms. The number of aryl methyl sites for hydroxylation is 1. The fourth-order valence-corrected chi connectivity index (χ4v) is 5.04. The number of benzene rings is 1. The van der Waals surface area contributed by atoms with E-state index in [9.17, 15) is 9.59 Å². The van der Waals surface area contributed by atoms with Gasteiger partial charge in [-0.2, -0.15) is 0 Å². The number of aromatic nitrogens is 1. The van der Waals surface area contributed by atoms with Crippen molar-refractivity contribution in [2.75, 3.05) is 25.1 Å². The third kappa shape index (κ3) is 4.27. The van der Waals surface area contributed by atoms with Crippen molar-refractivity contribution in [1.29, 1.82) is 0 Å². The van der Waals surface area contributed by atoms with Gasteiger partial charge in [0.25, 0.3) is 0 Å². The van der Waals surface area contributed by atoms with Gasteiger partial charge in [-0.3, -0.25) is 4.79 Å². The van der Waals surface area contributed by atoms with Crippen molar-refractivity contribution in [1.82, 2.24) is 4.57 Å². The SMILES string of the molecule is CC.CCOC(=O)c1cn(C2CC2)c2c3c(c(F)cc2c1=O)N1CCCC1CCC3.CN. The summed E-state index contributed by atoms with van der Waals surface area (Å²) in [5.74, 6) is -0.962.